The molecule has 2 heteroatoms. The van der Waals surface area contributed by atoms with Crippen molar-refractivity contribution < 1.29 is 0 Å². The molecule has 16 heavy (non-hydrogen) atoms. The van der Waals surface area contributed by atoms with Crippen LogP contribution in [0.25, 0.3) is 10.9 Å². The number of rotatable bonds is 1. The molecular formula is C14H18N2. The van der Waals surface area contributed by atoms with Gasteiger partial charge in [-0.3, -0.25) is 0 Å². The summed E-state index contributed by atoms with van der Waals surface area (Å²) < 4.78 is 0. The van der Waals surface area contributed by atoms with Crippen molar-refractivity contribution in [2.24, 2.45) is 5.41 Å². The van der Waals surface area contributed by atoms with Crippen LogP contribution in [0.5, 0.6) is 0 Å². The molecule has 0 spiro atoms. The van der Waals surface area contributed by atoms with Crippen molar-refractivity contribution in [1.82, 2.24) is 9.97 Å². The zero-order valence-electron chi connectivity index (χ0n) is 10.4. The second kappa shape index (κ2) is 3.85. The highest BCUT2D eigenvalue weighted by Gasteiger charge is 2.13. The number of hydrogen-bond acceptors (Lipinski definition) is 2. The summed E-state index contributed by atoms with van der Waals surface area (Å²) in [7, 11) is 0. The van der Waals surface area contributed by atoms with Gasteiger partial charge in [0.1, 0.15) is 5.82 Å². The standard InChI is InChI=1S/C14H18N2/c1-10-6-5-7-12-11(10)9-15-13(16-12)8-14(2,3)4/h5-7,9H,8H2,1-4H3. The van der Waals surface area contributed by atoms with Crippen LogP contribution < -0.4 is 0 Å². The van der Waals surface area contributed by atoms with Crippen LogP contribution in [0.3, 0.4) is 0 Å². The fourth-order valence-electron chi connectivity index (χ4n) is 1.80. The molecule has 0 N–H and O–H groups in total. The first-order valence-corrected chi connectivity index (χ1v) is 5.67. The maximum Gasteiger partial charge on any atom is 0.129 e. The van der Waals surface area contributed by atoms with Gasteiger partial charge in [0, 0.05) is 18.0 Å². The molecule has 0 radical (unpaired) electrons. The van der Waals surface area contributed by atoms with Gasteiger partial charge in [-0.2, -0.15) is 0 Å². The maximum atomic E-state index is 4.61. The van der Waals surface area contributed by atoms with E-state index in [4.69, 9.17) is 0 Å². The molecule has 0 amide bonds. The van der Waals surface area contributed by atoms with E-state index < -0.39 is 0 Å². The van der Waals surface area contributed by atoms with Crippen molar-refractivity contribution in [3.05, 3.63) is 35.8 Å². The minimum absolute atomic E-state index is 0.234. The van der Waals surface area contributed by atoms with E-state index in [2.05, 4.69) is 49.8 Å². The monoisotopic (exact) mass is 214 g/mol. The predicted octanol–water partition coefficient (Wildman–Crippen LogP) is 3.53. The molecule has 2 rings (SSSR count). The zero-order chi connectivity index (χ0) is 11.8. The molecular weight excluding hydrogens is 196 g/mol. The second-order valence-corrected chi connectivity index (χ2v) is 5.53. The van der Waals surface area contributed by atoms with Crippen LogP contribution in [0, 0.1) is 12.3 Å². The topological polar surface area (TPSA) is 25.8 Å². The third-order valence-corrected chi connectivity index (χ3v) is 2.58. The van der Waals surface area contributed by atoms with Gasteiger partial charge in [-0.05, 0) is 24.0 Å². The quantitative estimate of drug-likeness (QED) is 0.725. The van der Waals surface area contributed by atoms with Crippen LogP contribution in [0.1, 0.15) is 32.2 Å². The number of nitrogens with zero attached hydrogens (tertiary/aromatic N) is 2. The lowest BCUT2D eigenvalue weighted by atomic mass is 9.92. The van der Waals surface area contributed by atoms with Crippen molar-refractivity contribution in [3.63, 3.8) is 0 Å². The van der Waals surface area contributed by atoms with E-state index in [1.165, 1.54) is 5.56 Å². The first-order valence-electron chi connectivity index (χ1n) is 5.67. The maximum absolute atomic E-state index is 4.61. The SMILES string of the molecule is Cc1cccc2nc(CC(C)(C)C)ncc12. The number of hydrogen-bond donors (Lipinski definition) is 0. The van der Waals surface area contributed by atoms with Crippen LogP contribution in [0.2, 0.25) is 0 Å². The Morgan fingerprint density at radius 2 is 1.94 bits per heavy atom. The van der Waals surface area contributed by atoms with Gasteiger partial charge in [0.25, 0.3) is 0 Å². The highest BCUT2D eigenvalue weighted by molar-refractivity contribution is 5.80. The third kappa shape index (κ3) is 2.38. The fraction of sp³-hybridized carbons (Fsp3) is 0.429. The molecule has 0 aliphatic carbocycles. The first kappa shape index (κ1) is 11.1. The molecule has 1 aromatic heterocycles. The minimum Gasteiger partial charge on any atom is -0.241 e. The summed E-state index contributed by atoms with van der Waals surface area (Å²) in [6, 6.07) is 6.19. The van der Waals surface area contributed by atoms with Gasteiger partial charge in [0.2, 0.25) is 0 Å². The largest absolute Gasteiger partial charge is 0.241 e. The number of aromatic nitrogens is 2. The smallest absolute Gasteiger partial charge is 0.129 e. The van der Waals surface area contributed by atoms with Crippen LogP contribution in [0.15, 0.2) is 24.4 Å². The lowest BCUT2D eigenvalue weighted by Crippen LogP contribution is -2.11. The van der Waals surface area contributed by atoms with Gasteiger partial charge in [-0.15, -0.1) is 0 Å². The Morgan fingerprint density at radius 3 is 2.62 bits per heavy atom. The molecule has 0 bridgehead atoms. The summed E-state index contributed by atoms with van der Waals surface area (Å²) in [6.07, 6.45) is 2.86. The average molecular weight is 214 g/mol. The number of benzene rings is 1. The molecule has 0 unspecified atom stereocenters. The minimum atomic E-state index is 0.234. The van der Waals surface area contributed by atoms with Gasteiger partial charge in [-0.1, -0.05) is 32.9 Å². The first-order chi connectivity index (χ1) is 7.46. The van der Waals surface area contributed by atoms with Crippen LogP contribution in [0.4, 0.5) is 0 Å². The highest BCUT2D eigenvalue weighted by atomic mass is 14.9. The summed E-state index contributed by atoms with van der Waals surface area (Å²) in [5.74, 6) is 0.936. The average Bonchev–Trinajstić information content (AvgIpc) is 2.15. The van der Waals surface area contributed by atoms with E-state index in [1.54, 1.807) is 0 Å². The Bertz CT molecular complexity index is 510. The van der Waals surface area contributed by atoms with E-state index >= 15 is 0 Å². The Kier molecular flexibility index (Phi) is 2.66. The zero-order valence-corrected chi connectivity index (χ0v) is 10.4. The molecule has 0 atom stereocenters. The molecule has 0 fully saturated rings. The molecule has 1 heterocycles. The number of aryl methyl sites for hydroxylation is 1. The molecule has 84 valence electrons. The highest BCUT2D eigenvalue weighted by Crippen LogP contribution is 2.20. The lowest BCUT2D eigenvalue weighted by Gasteiger charge is -2.16. The molecule has 0 saturated carbocycles. The Labute approximate surface area is 96.7 Å². The fourth-order valence-corrected chi connectivity index (χ4v) is 1.80. The van der Waals surface area contributed by atoms with Gasteiger partial charge in [0.15, 0.2) is 0 Å². The third-order valence-electron chi connectivity index (χ3n) is 2.58. The van der Waals surface area contributed by atoms with Crippen LogP contribution in [-0.4, -0.2) is 9.97 Å². The number of fused-ring (bicyclic) bond motifs is 1. The molecule has 2 aromatic rings. The van der Waals surface area contributed by atoms with E-state index in [1.807, 2.05) is 12.3 Å². The van der Waals surface area contributed by atoms with Crippen LogP contribution >= 0.6 is 0 Å². The van der Waals surface area contributed by atoms with Crippen molar-refractivity contribution in [2.75, 3.05) is 0 Å². The van der Waals surface area contributed by atoms with Gasteiger partial charge in [0.05, 0.1) is 5.52 Å². The van der Waals surface area contributed by atoms with E-state index in [0.717, 1.165) is 23.1 Å². The Morgan fingerprint density at radius 1 is 1.19 bits per heavy atom. The summed E-state index contributed by atoms with van der Waals surface area (Å²) in [6.45, 7) is 8.71. The molecule has 0 aliphatic rings. The predicted molar refractivity (Wildman–Crippen MR) is 67.4 cm³/mol. The van der Waals surface area contributed by atoms with E-state index in [0.29, 0.717) is 0 Å². The van der Waals surface area contributed by atoms with Gasteiger partial charge >= 0.3 is 0 Å². The molecule has 0 aliphatic heterocycles. The normalized spacial score (nSPS) is 12.0. The van der Waals surface area contributed by atoms with Crippen molar-refractivity contribution in [2.45, 2.75) is 34.1 Å². The Balaban J connectivity index is 2.45. The van der Waals surface area contributed by atoms with Crippen molar-refractivity contribution in [1.29, 1.82) is 0 Å². The van der Waals surface area contributed by atoms with Crippen molar-refractivity contribution in [3.8, 4) is 0 Å². The Hall–Kier alpha value is -1.44. The van der Waals surface area contributed by atoms with E-state index in [-0.39, 0.29) is 5.41 Å². The molecule has 0 saturated heterocycles. The summed E-state index contributed by atoms with van der Waals surface area (Å²) in [5.41, 5.74) is 2.52. The van der Waals surface area contributed by atoms with Gasteiger partial charge < -0.3 is 0 Å². The molecule has 2 nitrogen and oxygen atoms in total. The second-order valence-electron chi connectivity index (χ2n) is 5.53. The lowest BCUT2D eigenvalue weighted by molar-refractivity contribution is 0.401. The van der Waals surface area contributed by atoms with Crippen LogP contribution in [-0.2, 0) is 6.42 Å². The van der Waals surface area contributed by atoms with E-state index in [9.17, 15) is 0 Å². The summed E-state index contributed by atoms with van der Waals surface area (Å²) >= 11 is 0. The summed E-state index contributed by atoms with van der Waals surface area (Å²) in [5, 5.41) is 1.15. The molecule has 1 aromatic carbocycles. The summed E-state index contributed by atoms with van der Waals surface area (Å²) in [4.78, 5) is 9.05. The van der Waals surface area contributed by atoms with Gasteiger partial charge in [-0.25, -0.2) is 9.97 Å². The van der Waals surface area contributed by atoms with Crippen molar-refractivity contribution >= 4 is 10.9 Å².